The van der Waals surface area contributed by atoms with Crippen LogP contribution in [0.4, 0.5) is 0 Å². The topological polar surface area (TPSA) is 33.6 Å². The average Bonchev–Trinajstić information content (AvgIpc) is 2.70. The molecule has 1 aromatic carbocycles. The van der Waals surface area contributed by atoms with Gasteiger partial charge in [0, 0.05) is 13.0 Å². The molecule has 1 aromatic heterocycles. The van der Waals surface area contributed by atoms with Gasteiger partial charge in [0.2, 0.25) is 4.77 Å². The first-order chi connectivity index (χ1) is 8.63. The van der Waals surface area contributed by atoms with Gasteiger partial charge in [0.05, 0.1) is 0 Å². The normalized spacial score (nSPS) is 14.4. The Balaban J connectivity index is 2.46. The van der Waals surface area contributed by atoms with Gasteiger partial charge in [0.25, 0.3) is 0 Å². The summed E-state index contributed by atoms with van der Waals surface area (Å²) in [7, 11) is 1.90. The summed E-state index contributed by atoms with van der Waals surface area (Å²) in [5.41, 5.74) is 1.29. The van der Waals surface area contributed by atoms with Crippen LogP contribution in [0.5, 0.6) is 0 Å². The number of aromatic nitrogens is 3. The number of benzene rings is 1. The zero-order valence-corrected chi connectivity index (χ0v) is 11.9. The van der Waals surface area contributed by atoms with Crippen molar-refractivity contribution in [1.82, 2.24) is 14.8 Å². The maximum Gasteiger partial charge on any atom is 0.215 e. The Labute approximate surface area is 113 Å². The summed E-state index contributed by atoms with van der Waals surface area (Å²) in [6, 6.07) is 10.5. The van der Waals surface area contributed by atoms with E-state index in [1.807, 2.05) is 13.1 Å². The molecule has 2 aromatic rings. The minimum atomic E-state index is 0.277. The summed E-state index contributed by atoms with van der Waals surface area (Å²) in [4.78, 5) is 4.48. The molecule has 96 valence electrons. The van der Waals surface area contributed by atoms with Crippen molar-refractivity contribution >= 4 is 12.2 Å². The highest BCUT2D eigenvalue weighted by Crippen LogP contribution is 2.31. The lowest BCUT2D eigenvalue weighted by molar-refractivity contribution is 0.476. The van der Waals surface area contributed by atoms with Crippen LogP contribution in [0.3, 0.4) is 0 Å². The van der Waals surface area contributed by atoms with E-state index in [0.717, 1.165) is 12.2 Å². The molecular weight excluding hydrogens is 242 g/mol. The van der Waals surface area contributed by atoms with Crippen LogP contribution in [0.2, 0.25) is 0 Å². The summed E-state index contributed by atoms with van der Waals surface area (Å²) < 4.78 is 2.40. The van der Waals surface area contributed by atoms with Crippen molar-refractivity contribution in [2.45, 2.75) is 26.2 Å². The van der Waals surface area contributed by atoms with E-state index in [4.69, 9.17) is 12.2 Å². The van der Waals surface area contributed by atoms with E-state index >= 15 is 0 Å². The summed E-state index contributed by atoms with van der Waals surface area (Å²) in [6.07, 6.45) is 1.11. The molecule has 0 saturated carbocycles. The van der Waals surface area contributed by atoms with Gasteiger partial charge in [-0.15, -0.1) is 0 Å². The Hall–Kier alpha value is -1.42. The molecule has 4 heteroatoms. The molecule has 0 fully saturated rings. The zero-order valence-electron chi connectivity index (χ0n) is 11.1. The lowest BCUT2D eigenvalue weighted by atomic mass is 9.85. The molecule has 2 unspecified atom stereocenters. The Bertz CT molecular complexity index is 556. The van der Waals surface area contributed by atoms with Gasteiger partial charge >= 0.3 is 0 Å². The number of aromatic amines is 1. The summed E-state index contributed by atoms with van der Waals surface area (Å²) in [5, 5.41) is 3.26. The van der Waals surface area contributed by atoms with Crippen LogP contribution in [0, 0.1) is 10.7 Å². The van der Waals surface area contributed by atoms with Gasteiger partial charge in [-0.05, 0) is 23.7 Å². The molecule has 1 heterocycles. The van der Waals surface area contributed by atoms with Crippen LogP contribution < -0.4 is 0 Å². The number of hydrogen-bond acceptors (Lipinski definition) is 2. The van der Waals surface area contributed by atoms with Gasteiger partial charge < -0.3 is 0 Å². The molecular formula is C14H19N3S. The Kier molecular flexibility index (Phi) is 3.97. The van der Waals surface area contributed by atoms with E-state index < -0.39 is 0 Å². The van der Waals surface area contributed by atoms with Crippen LogP contribution >= 0.6 is 12.2 Å². The number of nitrogens with one attached hydrogen (secondary N) is 1. The molecule has 18 heavy (non-hydrogen) atoms. The van der Waals surface area contributed by atoms with E-state index in [1.54, 1.807) is 4.68 Å². The first-order valence-electron chi connectivity index (χ1n) is 6.31. The zero-order chi connectivity index (χ0) is 13.1. The average molecular weight is 261 g/mol. The molecule has 0 saturated heterocycles. The van der Waals surface area contributed by atoms with Crippen molar-refractivity contribution in [3.8, 4) is 0 Å². The molecule has 0 radical (unpaired) electrons. The van der Waals surface area contributed by atoms with Crippen LogP contribution in [0.25, 0.3) is 0 Å². The van der Waals surface area contributed by atoms with Crippen LogP contribution in [0.15, 0.2) is 30.3 Å². The van der Waals surface area contributed by atoms with Crippen molar-refractivity contribution in [2.75, 3.05) is 0 Å². The predicted molar refractivity (Wildman–Crippen MR) is 76.1 cm³/mol. The number of hydrogen-bond donors (Lipinski definition) is 1. The third kappa shape index (κ3) is 2.53. The molecule has 0 aliphatic heterocycles. The molecule has 0 bridgehead atoms. The van der Waals surface area contributed by atoms with Crippen LogP contribution in [-0.2, 0) is 7.05 Å². The first-order valence-corrected chi connectivity index (χ1v) is 6.72. The summed E-state index contributed by atoms with van der Waals surface area (Å²) in [5.74, 6) is 1.76. The SMILES string of the molecule is CCC(C)C(c1ccccc1)c1nc(=S)n(C)[nH]1. The van der Waals surface area contributed by atoms with Crippen molar-refractivity contribution < 1.29 is 0 Å². The van der Waals surface area contributed by atoms with Crippen LogP contribution in [-0.4, -0.2) is 14.8 Å². The third-order valence-corrected chi connectivity index (χ3v) is 3.82. The van der Waals surface area contributed by atoms with Gasteiger partial charge in [-0.3, -0.25) is 9.78 Å². The maximum atomic E-state index is 5.19. The van der Waals surface area contributed by atoms with Gasteiger partial charge in [-0.1, -0.05) is 50.6 Å². The highest BCUT2D eigenvalue weighted by molar-refractivity contribution is 7.71. The standard InChI is InChI=1S/C14H19N3S/c1-4-10(2)12(11-8-6-5-7-9-11)13-15-14(18)17(3)16-13/h5-10,12H,4H2,1-3H3,(H,15,16,18). The molecule has 2 atom stereocenters. The molecule has 3 nitrogen and oxygen atoms in total. The third-order valence-electron chi connectivity index (χ3n) is 3.45. The minimum absolute atomic E-state index is 0.277. The molecule has 0 spiro atoms. The van der Waals surface area contributed by atoms with Gasteiger partial charge in [-0.25, -0.2) is 4.98 Å². The molecule has 1 N–H and O–H groups in total. The fourth-order valence-corrected chi connectivity index (χ4v) is 2.36. The lowest BCUT2D eigenvalue weighted by Gasteiger charge is -2.21. The van der Waals surface area contributed by atoms with Crippen LogP contribution in [0.1, 0.15) is 37.6 Å². The Morgan fingerprint density at radius 1 is 1.33 bits per heavy atom. The highest BCUT2D eigenvalue weighted by Gasteiger charge is 2.23. The number of rotatable bonds is 4. The minimum Gasteiger partial charge on any atom is -0.283 e. The molecule has 0 amide bonds. The largest absolute Gasteiger partial charge is 0.283 e. The molecule has 0 aliphatic carbocycles. The Morgan fingerprint density at radius 2 is 2.00 bits per heavy atom. The number of aryl methyl sites for hydroxylation is 1. The quantitative estimate of drug-likeness (QED) is 0.852. The van der Waals surface area contributed by atoms with Crippen molar-refractivity contribution in [3.63, 3.8) is 0 Å². The van der Waals surface area contributed by atoms with Gasteiger partial charge in [-0.2, -0.15) is 0 Å². The fraction of sp³-hybridized carbons (Fsp3) is 0.429. The second kappa shape index (κ2) is 5.48. The monoisotopic (exact) mass is 261 g/mol. The Morgan fingerprint density at radius 3 is 2.50 bits per heavy atom. The number of H-pyrrole nitrogens is 1. The van der Waals surface area contributed by atoms with Crippen molar-refractivity contribution in [3.05, 3.63) is 46.5 Å². The van der Waals surface area contributed by atoms with E-state index in [9.17, 15) is 0 Å². The van der Waals surface area contributed by atoms with E-state index in [2.05, 4.69) is 48.2 Å². The highest BCUT2D eigenvalue weighted by atomic mass is 32.1. The second-order valence-corrected chi connectivity index (χ2v) is 5.09. The number of nitrogens with zero attached hydrogens (tertiary/aromatic N) is 2. The smallest absolute Gasteiger partial charge is 0.215 e. The second-order valence-electron chi connectivity index (χ2n) is 4.72. The van der Waals surface area contributed by atoms with Crippen molar-refractivity contribution in [1.29, 1.82) is 0 Å². The van der Waals surface area contributed by atoms with Crippen molar-refractivity contribution in [2.24, 2.45) is 13.0 Å². The predicted octanol–water partition coefficient (Wildman–Crippen LogP) is 3.66. The summed E-state index contributed by atoms with van der Waals surface area (Å²) in [6.45, 7) is 4.46. The maximum absolute atomic E-state index is 5.19. The summed E-state index contributed by atoms with van der Waals surface area (Å²) >= 11 is 5.19. The fourth-order valence-electron chi connectivity index (χ4n) is 2.21. The van der Waals surface area contributed by atoms with Gasteiger partial charge in [0.1, 0.15) is 5.82 Å². The molecule has 2 rings (SSSR count). The lowest BCUT2D eigenvalue weighted by Crippen LogP contribution is -2.13. The van der Waals surface area contributed by atoms with Gasteiger partial charge in [0.15, 0.2) is 0 Å². The van der Waals surface area contributed by atoms with E-state index in [0.29, 0.717) is 10.7 Å². The first kappa shape index (κ1) is 13.0. The van der Waals surface area contributed by atoms with E-state index in [1.165, 1.54) is 5.56 Å². The van der Waals surface area contributed by atoms with E-state index in [-0.39, 0.29) is 5.92 Å². The molecule has 0 aliphatic rings.